The predicted octanol–water partition coefficient (Wildman–Crippen LogP) is 4.76. The maximum absolute atomic E-state index is 13.2. The molecule has 1 saturated heterocycles. The molecule has 1 aliphatic rings. The predicted molar refractivity (Wildman–Crippen MR) is 112 cm³/mol. The van der Waals surface area contributed by atoms with Gasteiger partial charge in [-0.25, -0.2) is 4.79 Å². The molecule has 1 atom stereocenters. The first-order valence-corrected chi connectivity index (χ1v) is 10.5. The van der Waals surface area contributed by atoms with E-state index in [2.05, 4.69) is 4.74 Å². The fraction of sp³-hybridized carbons (Fsp3) is 0.636. The summed E-state index contributed by atoms with van der Waals surface area (Å²) >= 11 is 0. The zero-order valence-corrected chi connectivity index (χ0v) is 19.0. The van der Waals surface area contributed by atoms with Crippen LogP contribution in [0.25, 0.3) is 0 Å². The second-order valence-electron chi connectivity index (χ2n) is 9.17. The average Bonchev–Trinajstić information content (AvgIpc) is 2.65. The molecule has 0 saturated carbocycles. The van der Waals surface area contributed by atoms with Crippen molar-refractivity contribution in [3.05, 3.63) is 24.3 Å². The fourth-order valence-corrected chi connectivity index (χ4v) is 3.81. The normalized spacial score (nSPS) is 16.6. The van der Waals surface area contributed by atoms with Crippen LogP contribution in [0.15, 0.2) is 24.3 Å². The number of hydrogen-bond donors (Lipinski definition) is 1. The second-order valence-corrected chi connectivity index (χ2v) is 9.17. The number of halogens is 3. The highest BCUT2D eigenvalue weighted by Crippen LogP contribution is 2.28. The van der Waals surface area contributed by atoms with Crippen molar-refractivity contribution in [1.29, 1.82) is 0 Å². The van der Waals surface area contributed by atoms with Crippen LogP contribution in [0.1, 0.15) is 47.5 Å². The van der Waals surface area contributed by atoms with Crippen molar-refractivity contribution >= 4 is 12.0 Å². The molecule has 1 aromatic rings. The van der Waals surface area contributed by atoms with Gasteiger partial charge in [0, 0.05) is 31.5 Å². The van der Waals surface area contributed by atoms with Crippen molar-refractivity contribution < 1.29 is 37.3 Å². The van der Waals surface area contributed by atoms with E-state index >= 15 is 0 Å². The third kappa shape index (κ3) is 6.93. The number of carbonyl (C=O) groups is 2. The Labute approximate surface area is 186 Å². The Hall–Kier alpha value is -2.65. The van der Waals surface area contributed by atoms with Crippen LogP contribution in [0, 0.1) is 5.92 Å². The molecule has 1 N–H and O–H groups in total. The van der Waals surface area contributed by atoms with Crippen LogP contribution in [-0.4, -0.2) is 64.0 Å². The number of piperidine rings is 1. The summed E-state index contributed by atoms with van der Waals surface area (Å²) in [5.41, 5.74) is -0.736. The first-order chi connectivity index (χ1) is 14.7. The highest BCUT2D eigenvalue weighted by atomic mass is 19.4. The summed E-state index contributed by atoms with van der Waals surface area (Å²) in [6.07, 6.45) is -5.04. The van der Waals surface area contributed by atoms with Crippen LogP contribution in [0.4, 0.5) is 18.0 Å². The van der Waals surface area contributed by atoms with Crippen LogP contribution in [0.5, 0.6) is 11.5 Å². The van der Waals surface area contributed by atoms with Crippen molar-refractivity contribution in [1.82, 2.24) is 9.80 Å². The number of alkyl halides is 3. The lowest BCUT2D eigenvalue weighted by Gasteiger charge is -2.43. The first kappa shape index (κ1) is 25.6. The molecule has 1 fully saturated rings. The smallest absolute Gasteiger partial charge is 0.490 e. The van der Waals surface area contributed by atoms with E-state index in [-0.39, 0.29) is 23.7 Å². The maximum Gasteiger partial charge on any atom is 0.573 e. The number of carbonyl (C=O) groups excluding carboxylic acids is 1. The Morgan fingerprint density at radius 1 is 1.06 bits per heavy atom. The van der Waals surface area contributed by atoms with E-state index in [4.69, 9.17) is 4.74 Å². The molecule has 0 aliphatic carbocycles. The second kappa shape index (κ2) is 9.87. The molecule has 0 unspecified atom stereocenters. The Morgan fingerprint density at radius 2 is 1.56 bits per heavy atom. The number of nitrogens with zero attached hydrogens (tertiary/aromatic N) is 2. The summed E-state index contributed by atoms with van der Waals surface area (Å²) in [4.78, 5) is 28.0. The Bertz CT molecular complexity index is 782. The first-order valence-electron chi connectivity index (χ1n) is 10.5. The SMILES string of the molecule is CC(C)[C@@H](C(=O)N1CCC(Oc2ccc(OC(F)(F)F)cc2)CC1)N(C(=O)O)C(C)(C)C. The minimum Gasteiger partial charge on any atom is -0.490 e. The topological polar surface area (TPSA) is 79.3 Å². The third-order valence-corrected chi connectivity index (χ3v) is 5.21. The molecule has 1 heterocycles. The van der Waals surface area contributed by atoms with Gasteiger partial charge in [0.05, 0.1) is 0 Å². The van der Waals surface area contributed by atoms with Crippen LogP contribution in [-0.2, 0) is 4.79 Å². The quantitative estimate of drug-likeness (QED) is 0.662. The van der Waals surface area contributed by atoms with Gasteiger partial charge in [0.1, 0.15) is 23.6 Å². The zero-order valence-electron chi connectivity index (χ0n) is 19.0. The van der Waals surface area contributed by atoms with E-state index in [1.165, 1.54) is 29.2 Å². The van der Waals surface area contributed by atoms with Gasteiger partial charge in [0.2, 0.25) is 5.91 Å². The van der Waals surface area contributed by atoms with E-state index in [1.54, 1.807) is 25.7 Å². The van der Waals surface area contributed by atoms with Gasteiger partial charge in [-0.1, -0.05) is 13.8 Å². The molecule has 32 heavy (non-hydrogen) atoms. The van der Waals surface area contributed by atoms with Crippen LogP contribution < -0.4 is 9.47 Å². The van der Waals surface area contributed by atoms with E-state index < -0.39 is 24.0 Å². The number of likely N-dealkylation sites (tertiary alicyclic amines) is 1. The summed E-state index contributed by atoms with van der Waals surface area (Å²) in [5, 5.41) is 9.73. The molecular formula is C22H31F3N2O5. The van der Waals surface area contributed by atoms with Crippen LogP contribution in [0.2, 0.25) is 0 Å². The Kier molecular flexibility index (Phi) is 7.90. The minimum atomic E-state index is -4.75. The van der Waals surface area contributed by atoms with Crippen molar-refractivity contribution in [2.45, 2.75) is 71.5 Å². The lowest BCUT2D eigenvalue weighted by atomic mass is 9.94. The molecule has 0 aromatic heterocycles. The number of benzene rings is 1. The molecule has 0 spiro atoms. The zero-order chi connectivity index (χ0) is 24.3. The van der Waals surface area contributed by atoms with E-state index in [1.807, 2.05) is 13.8 Å². The van der Waals surface area contributed by atoms with Gasteiger partial charge in [-0.15, -0.1) is 13.2 Å². The highest BCUT2D eigenvalue weighted by molar-refractivity contribution is 5.86. The van der Waals surface area contributed by atoms with Gasteiger partial charge in [0.25, 0.3) is 0 Å². The van der Waals surface area contributed by atoms with Crippen molar-refractivity contribution in [2.75, 3.05) is 13.1 Å². The molecule has 1 aliphatic heterocycles. The van der Waals surface area contributed by atoms with Crippen LogP contribution >= 0.6 is 0 Å². The molecule has 10 heteroatoms. The summed E-state index contributed by atoms with van der Waals surface area (Å²) in [6.45, 7) is 9.73. The number of carboxylic acid groups (broad SMARTS) is 1. The van der Waals surface area contributed by atoms with Gasteiger partial charge in [-0.05, 0) is 51.0 Å². The average molecular weight is 460 g/mol. The van der Waals surface area contributed by atoms with E-state index in [0.717, 1.165) is 0 Å². The van der Waals surface area contributed by atoms with E-state index in [9.17, 15) is 27.9 Å². The Morgan fingerprint density at radius 3 is 1.97 bits per heavy atom. The molecule has 0 bridgehead atoms. The minimum absolute atomic E-state index is 0.204. The number of rotatable bonds is 6. The summed E-state index contributed by atoms with van der Waals surface area (Å²) in [7, 11) is 0. The lowest BCUT2D eigenvalue weighted by Crippen LogP contribution is -2.60. The van der Waals surface area contributed by atoms with Gasteiger partial charge in [-0.3, -0.25) is 9.69 Å². The van der Waals surface area contributed by atoms with Crippen molar-refractivity contribution in [2.24, 2.45) is 5.92 Å². The van der Waals surface area contributed by atoms with Crippen molar-refractivity contribution in [3.63, 3.8) is 0 Å². The molecule has 180 valence electrons. The lowest BCUT2D eigenvalue weighted by molar-refractivity contribution is -0.274. The summed E-state index contributed by atoms with van der Waals surface area (Å²) < 4.78 is 46.5. The molecular weight excluding hydrogens is 429 g/mol. The van der Waals surface area contributed by atoms with Crippen molar-refractivity contribution in [3.8, 4) is 11.5 Å². The summed E-state index contributed by atoms with van der Waals surface area (Å²) in [6, 6.07) is 4.37. The van der Waals surface area contributed by atoms with Gasteiger partial charge >= 0.3 is 12.5 Å². The molecule has 1 aromatic carbocycles. The Balaban J connectivity index is 1.98. The number of amides is 2. The monoisotopic (exact) mass is 460 g/mol. The molecule has 7 nitrogen and oxygen atoms in total. The van der Waals surface area contributed by atoms with Gasteiger partial charge in [0.15, 0.2) is 0 Å². The largest absolute Gasteiger partial charge is 0.573 e. The fourth-order valence-electron chi connectivity index (χ4n) is 3.81. The number of hydrogen-bond acceptors (Lipinski definition) is 4. The van der Waals surface area contributed by atoms with E-state index in [0.29, 0.717) is 31.7 Å². The number of ether oxygens (including phenoxy) is 2. The standard InChI is InChI=1S/C22H31F3N2O5/c1-14(2)18(27(20(29)30)21(3,4)5)19(28)26-12-10-16(11-13-26)31-15-6-8-17(9-7-15)32-22(23,24)25/h6-9,14,16,18H,10-13H2,1-5H3,(H,29,30)/t18-/m0/s1. The molecule has 0 radical (unpaired) electrons. The summed E-state index contributed by atoms with van der Waals surface area (Å²) in [5.74, 6) is -0.352. The van der Waals surface area contributed by atoms with Gasteiger partial charge < -0.3 is 19.5 Å². The third-order valence-electron chi connectivity index (χ3n) is 5.21. The molecule has 2 rings (SSSR count). The highest BCUT2D eigenvalue weighted by Gasteiger charge is 2.41. The molecule has 2 amide bonds. The maximum atomic E-state index is 13.2. The van der Waals surface area contributed by atoms with Crippen LogP contribution in [0.3, 0.4) is 0 Å². The van der Waals surface area contributed by atoms with Gasteiger partial charge in [-0.2, -0.15) is 0 Å².